The summed E-state index contributed by atoms with van der Waals surface area (Å²) in [4.78, 5) is 12.4. The molecule has 0 fully saturated rings. The molecule has 2 heterocycles. The fourth-order valence-corrected chi connectivity index (χ4v) is 3.81. The van der Waals surface area contributed by atoms with Crippen molar-refractivity contribution in [2.45, 2.75) is 18.0 Å². The molecular formula is C19H17N5O4S. The average molecular weight is 411 g/mol. The van der Waals surface area contributed by atoms with Crippen LogP contribution in [0.1, 0.15) is 5.76 Å². The van der Waals surface area contributed by atoms with Gasteiger partial charge in [0.2, 0.25) is 15.9 Å². The first kappa shape index (κ1) is 18.8. The van der Waals surface area contributed by atoms with Crippen LogP contribution in [0, 0.1) is 0 Å². The van der Waals surface area contributed by atoms with Crippen molar-refractivity contribution in [3.63, 3.8) is 0 Å². The van der Waals surface area contributed by atoms with E-state index in [4.69, 9.17) is 4.42 Å². The average Bonchev–Trinajstić information content (AvgIpc) is 3.37. The zero-order valence-corrected chi connectivity index (χ0v) is 16.0. The van der Waals surface area contributed by atoms with E-state index in [9.17, 15) is 13.2 Å². The van der Waals surface area contributed by atoms with Gasteiger partial charge < -0.3 is 9.73 Å². The minimum atomic E-state index is -3.76. The molecule has 2 aromatic heterocycles. The number of benzene rings is 2. The van der Waals surface area contributed by atoms with Gasteiger partial charge in [0.1, 0.15) is 17.8 Å². The van der Waals surface area contributed by atoms with Gasteiger partial charge in [-0.3, -0.25) is 4.79 Å². The number of nitrogens with zero attached hydrogens (tertiary/aromatic N) is 3. The van der Waals surface area contributed by atoms with E-state index in [0.29, 0.717) is 17.0 Å². The predicted octanol–water partition coefficient (Wildman–Crippen LogP) is 2.14. The van der Waals surface area contributed by atoms with Gasteiger partial charge in [-0.1, -0.05) is 23.4 Å². The largest absolute Gasteiger partial charge is 0.468 e. The van der Waals surface area contributed by atoms with Crippen LogP contribution in [0.5, 0.6) is 0 Å². The molecule has 0 spiro atoms. The highest BCUT2D eigenvalue weighted by atomic mass is 32.2. The van der Waals surface area contributed by atoms with Crippen LogP contribution in [0.15, 0.2) is 76.2 Å². The summed E-state index contributed by atoms with van der Waals surface area (Å²) < 4.78 is 34.0. The van der Waals surface area contributed by atoms with E-state index in [0.717, 1.165) is 5.52 Å². The minimum Gasteiger partial charge on any atom is -0.468 e. The molecule has 4 rings (SSSR count). The molecule has 1 amide bonds. The van der Waals surface area contributed by atoms with Crippen molar-refractivity contribution in [1.29, 1.82) is 0 Å². The van der Waals surface area contributed by atoms with Gasteiger partial charge in [0.25, 0.3) is 0 Å². The summed E-state index contributed by atoms with van der Waals surface area (Å²) in [5, 5.41) is 10.7. The lowest BCUT2D eigenvalue weighted by Gasteiger charge is -2.09. The number of amides is 1. The van der Waals surface area contributed by atoms with E-state index < -0.39 is 10.0 Å². The summed E-state index contributed by atoms with van der Waals surface area (Å²) in [6.45, 7) is -0.0144. The van der Waals surface area contributed by atoms with Gasteiger partial charge in [-0.25, -0.2) is 17.8 Å². The first-order chi connectivity index (χ1) is 14.0. The fourth-order valence-electron chi connectivity index (χ4n) is 2.77. The Morgan fingerprint density at radius 3 is 2.76 bits per heavy atom. The van der Waals surface area contributed by atoms with Crippen LogP contribution in [0.3, 0.4) is 0 Å². The van der Waals surface area contributed by atoms with Crippen molar-refractivity contribution in [3.8, 4) is 0 Å². The molecule has 0 atom stereocenters. The Hall–Kier alpha value is -3.50. The first-order valence-electron chi connectivity index (χ1n) is 8.71. The molecule has 9 nitrogen and oxygen atoms in total. The molecule has 0 saturated carbocycles. The normalized spacial score (nSPS) is 11.6. The molecule has 148 valence electrons. The molecule has 0 aliphatic carbocycles. The van der Waals surface area contributed by atoms with Crippen molar-refractivity contribution in [2.24, 2.45) is 0 Å². The zero-order chi connectivity index (χ0) is 20.3. The van der Waals surface area contributed by atoms with Gasteiger partial charge in [-0.15, -0.1) is 5.10 Å². The van der Waals surface area contributed by atoms with E-state index in [1.165, 1.54) is 23.1 Å². The molecule has 4 aromatic rings. The third kappa shape index (κ3) is 4.33. The van der Waals surface area contributed by atoms with E-state index in [2.05, 4.69) is 20.4 Å². The molecule has 0 saturated heterocycles. The Morgan fingerprint density at radius 1 is 1.07 bits per heavy atom. The van der Waals surface area contributed by atoms with Crippen molar-refractivity contribution in [1.82, 2.24) is 19.7 Å². The number of aromatic nitrogens is 3. The molecule has 0 bridgehead atoms. The molecule has 0 aliphatic rings. The number of anilines is 1. The van der Waals surface area contributed by atoms with E-state index in [1.807, 2.05) is 18.2 Å². The molecule has 0 aliphatic heterocycles. The number of hydrogen-bond donors (Lipinski definition) is 2. The molecule has 10 heteroatoms. The lowest BCUT2D eigenvalue weighted by Crippen LogP contribution is -2.23. The number of rotatable bonds is 7. The maximum atomic E-state index is 12.5. The summed E-state index contributed by atoms with van der Waals surface area (Å²) in [6.07, 6.45) is 1.47. The summed E-state index contributed by atoms with van der Waals surface area (Å²) >= 11 is 0. The number of sulfonamides is 1. The smallest absolute Gasteiger partial charge is 0.246 e. The van der Waals surface area contributed by atoms with Crippen molar-refractivity contribution >= 4 is 32.7 Å². The van der Waals surface area contributed by atoms with Crippen LogP contribution in [-0.4, -0.2) is 29.3 Å². The van der Waals surface area contributed by atoms with Crippen LogP contribution < -0.4 is 10.0 Å². The maximum absolute atomic E-state index is 12.5. The predicted molar refractivity (Wildman–Crippen MR) is 105 cm³/mol. The van der Waals surface area contributed by atoms with Crippen molar-refractivity contribution in [2.75, 3.05) is 5.32 Å². The number of carbonyl (C=O) groups is 1. The van der Waals surface area contributed by atoms with Gasteiger partial charge in [-0.05, 0) is 42.5 Å². The molecular weight excluding hydrogens is 394 g/mol. The first-order valence-corrected chi connectivity index (χ1v) is 10.2. The second-order valence-corrected chi connectivity index (χ2v) is 7.98. The fraction of sp³-hybridized carbons (Fsp3) is 0.105. The van der Waals surface area contributed by atoms with Gasteiger partial charge in [-0.2, -0.15) is 0 Å². The highest BCUT2D eigenvalue weighted by Gasteiger charge is 2.16. The standard InChI is InChI=1S/C19H17N5O4S/c25-19(13-24-18-9-2-1-8-17(18)22-23-24)21-14-5-3-7-16(11-14)29(26,27)20-12-15-6-4-10-28-15/h1-11,20H,12-13H2,(H,21,25). The SMILES string of the molecule is O=C(Cn1nnc2ccccc21)Nc1cccc(S(=O)(=O)NCc2ccco2)c1. The monoisotopic (exact) mass is 411 g/mol. The van der Waals surface area contributed by atoms with Crippen LogP contribution in [0.4, 0.5) is 5.69 Å². The van der Waals surface area contributed by atoms with Crippen LogP contribution in [0.2, 0.25) is 0 Å². The second-order valence-electron chi connectivity index (χ2n) is 6.22. The van der Waals surface area contributed by atoms with Gasteiger partial charge in [0, 0.05) is 5.69 Å². The lowest BCUT2D eigenvalue weighted by molar-refractivity contribution is -0.116. The number of nitrogens with one attached hydrogen (secondary N) is 2. The van der Waals surface area contributed by atoms with Crippen molar-refractivity contribution < 1.29 is 17.6 Å². The van der Waals surface area contributed by atoms with Crippen LogP contribution in [0.25, 0.3) is 11.0 Å². The Kier molecular flexibility index (Phi) is 5.10. The zero-order valence-electron chi connectivity index (χ0n) is 15.1. The number of hydrogen-bond acceptors (Lipinski definition) is 6. The Morgan fingerprint density at radius 2 is 1.93 bits per heavy atom. The van der Waals surface area contributed by atoms with Gasteiger partial charge in [0.15, 0.2) is 0 Å². The molecule has 29 heavy (non-hydrogen) atoms. The van der Waals surface area contributed by atoms with Crippen LogP contribution >= 0.6 is 0 Å². The number of furan rings is 1. The Labute approximate surface area is 166 Å². The summed E-state index contributed by atoms with van der Waals surface area (Å²) in [7, 11) is -3.76. The molecule has 0 unspecified atom stereocenters. The minimum absolute atomic E-state index is 0.0330. The number of fused-ring (bicyclic) bond motifs is 1. The van der Waals surface area contributed by atoms with Gasteiger partial charge >= 0.3 is 0 Å². The van der Waals surface area contributed by atoms with E-state index in [1.54, 1.807) is 30.3 Å². The highest BCUT2D eigenvalue weighted by molar-refractivity contribution is 7.89. The molecule has 2 aromatic carbocycles. The van der Waals surface area contributed by atoms with Crippen molar-refractivity contribution in [3.05, 3.63) is 72.7 Å². The third-order valence-corrected chi connectivity index (χ3v) is 5.56. The lowest BCUT2D eigenvalue weighted by atomic mass is 10.3. The summed E-state index contributed by atoms with van der Waals surface area (Å²) in [5.41, 5.74) is 1.79. The maximum Gasteiger partial charge on any atom is 0.246 e. The van der Waals surface area contributed by atoms with E-state index in [-0.39, 0.29) is 23.9 Å². The number of carbonyl (C=O) groups excluding carboxylic acids is 1. The summed E-state index contributed by atoms with van der Waals surface area (Å²) in [5.74, 6) is 0.150. The highest BCUT2D eigenvalue weighted by Crippen LogP contribution is 2.16. The van der Waals surface area contributed by atoms with Crippen LogP contribution in [-0.2, 0) is 27.9 Å². The second kappa shape index (κ2) is 7.86. The Balaban J connectivity index is 1.44. The van der Waals surface area contributed by atoms with Gasteiger partial charge in [0.05, 0.1) is 23.2 Å². The third-order valence-electron chi connectivity index (χ3n) is 4.16. The quantitative estimate of drug-likeness (QED) is 0.481. The summed E-state index contributed by atoms with van der Waals surface area (Å²) in [6, 6.07) is 16.7. The Bertz CT molecular complexity index is 1250. The number of para-hydroxylation sites is 1. The topological polar surface area (TPSA) is 119 Å². The molecule has 0 radical (unpaired) electrons. The molecule has 2 N–H and O–H groups in total. The van der Waals surface area contributed by atoms with E-state index >= 15 is 0 Å².